The molecular weight excluding hydrogens is 350 g/mol. The van der Waals surface area contributed by atoms with Crippen molar-refractivity contribution in [2.45, 2.75) is 25.2 Å². The monoisotopic (exact) mass is 369 g/mol. The van der Waals surface area contributed by atoms with Crippen molar-refractivity contribution in [3.8, 4) is 0 Å². The topological polar surface area (TPSA) is 63.7 Å². The first kappa shape index (κ1) is 18.2. The Labute approximate surface area is 156 Å². The van der Waals surface area contributed by atoms with Crippen LogP contribution in [0.2, 0.25) is 0 Å². The van der Waals surface area contributed by atoms with Gasteiger partial charge in [-0.05, 0) is 49.2 Å². The molecule has 0 aromatic heterocycles. The van der Waals surface area contributed by atoms with Gasteiger partial charge in [0.1, 0.15) is 0 Å². The molecule has 0 unspecified atom stereocenters. The molecule has 134 valence electrons. The number of imide groups is 1. The first-order valence-corrected chi connectivity index (χ1v) is 9.27. The molecule has 1 heterocycles. The number of thioether (sulfide) groups is 1. The van der Waals surface area contributed by atoms with Gasteiger partial charge in [-0.15, -0.1) is 11.8 Å². The second-order valence-corrected chi connectivity index (χ2v) is 7.24. The van der Waals surface area contributed by atoms with E-state index in [1.807, 2.05) is 6.07 Å². The van der Waals surface area contributed by atoms with E-state index in [0.717, 1.165) is 9.80 Å². The Bertz CT molecular complexity index is 843. The lowest BCUT2D eigenvalue weighted by atomic mass is 10.1. The third-order valence-corrected chi connectivity index (χ3v) is 5.28. The number of rotatable bonds is 6. The van der Waals surface area contributed by atoms with E-state index in [1.54, 1.807) is 36.0 Å². The van der Waals surface area contributed by atoms with Gasteiger partial charge in [0.15, 0.2) is 6.73 Å². The van der Waals surface area contributed by atoms with Gasteiger partial charge in [-0.3, -0.25) is 14.4 Å². The minimum atomic E-state index is -0.433. The summed E-state index contributed by atoms with van der Waals surface area (Å²) < 4.78 is 5.11. The fourth-order valence-corrected chi connectivity index (χ4v) is 3.55. The summed E-state index contributed by atoms with van der Waals surface area (Å²) in [4.78, 5) is 38.3. The lowest BCUT2D eigenvalue weighted by Crippen LogP contribution is -2.33. The Morgan fingerprint density at radius 3 is 2.27 bits per heavy atom. The number of amides is 2. The number of nitrogens with zero attached hydrogens (tertiary/aromatic N) is 1. The Balaban J connectivity index is 1.47. The third kappa shape index (κ3) is 3.80. The minimum Gasteiger partial charge on any atom is -0.444 e. The van der Waals surface area contributed by atoms with E-state index in [4.69, 9.17) is 4.74 Å². The smallest absolute Gasteiger partial charge is 0.308 e. The van der Waals surface area contributed by atoms with Crippen molar-refractivity contribution in [3.05, 3.63) is 64.7 Å². The number of aryl methyl sites for hydroxylation is 2. The maximum Gasteiger partial charge on any atom is 0.308 e. The molecule has 2 aromatic carbocycles. The summed E-state index contributed by atoms with van der Waals surface area (Å²) in [6.07, 6.45) is 0.209. The van der Waals surface area contributed by atoms with Crippen LogP contribution in [0.15, 0.2) is 47.4 Å². The van der Waals surface area contributed by atoms with Crippen LogP contribution in [0.25, 0.3) is 0 Å². The Morgan fingerprint density at radius 1 is 1.00 bits per heavy atom. The van der Waals surface area contributed by atoms with Crippen LogP contribution in [0.4, 0.5) is 0 Å². The van der Waals surface area contributed by atoms with E-state index in [9.17, 15) is 14.4 Å². The molecule has 0 saturated carbocycles. The van der Waals surface area contributed by atoms with Crippen LogP contribution in [0.3, 0.4) is 0 Å². The van der Waals surface area contributed by atoms with Crippen LogP contribution in [0.1, 0.15) is 38.3 Å². The van der Waals surface area contributed by atoms with Crippen LogP contribution in [-0.2, 0) is 9.53 Å². The average Bonchev–Trinajstić information content (AvgIpc) is 2.87. The molecule has 2 aromatic rings. The lowest BCUT2D eigenvalue weighted by Gasteiger charge is -2.13. The highest BCUT2D eigenvalue weighted by molar-refractivity contribution is 7.99. The van der Waals surface area contributed by atoms with E-state index in [1.165, 1.54) is 11.1 Å². The predicted octanol–water partition coefficient (Wildman–Crippen LogP) is 3.58. The first-order valence-electron chi connectivity index (χ1n) is 8.28. The highest BCUT2D eigenvalue weighted by Gasteiger charge is 2.35. The van der Waals surface area contributed by atoms with E-state index in [2.05, 4.69) is 26.0 Å². The molecule has 2 amide bonds. The zero-order chi connectivity index (χ0) is 18.7. The Hall–Kier alpha value is -2.60. The molecule has 0 N–H and O–H groups in total. The normalized spacial score (nSPS) is 13.1. The van der Waals surface area contributed by atoms with Crippen molar-refractivity contribution in [1.82, 2.24) is 4.90 Å². The van der Waals surface area contributed by atoms with Gasteiger partial charge in [0.05, 0.1) is 17.5 Å². The van der Waals surface area contributed by atoms with Crippen LogP contribution in [0.5, 0.6) is 0 Å². The molecule has 26 heavy (non-hydrogen) atoms. The molecule has 0 aliphatic carbocycles. The van der Waals surface area contributed by atoms with Crippen LogP contribution in [-0.4, -0.2) is 35.2 Å². The van der Waals surface area contributed by atoms with Crippen molar-refractivity contribution in [2.24, 2.45) is 0 Å². The van der Waals surface area contributed by atoms with Gasteiger partial charge >= 0.3 is 5.97 Å². The van der Waals surface area contributed by atoms with Gasteiger partial charge < -0.3 is 4.74 Å². The van der Waals surface area contributed by atoms with Gasteiger partial charge in [0.2, 0.25) is 0 Å². The number of esters is 1. The minimum absolute atomic E-state index is 0.209. The largest absolute Gasteiger partial charge is 0.444 e. The SMILES string of the molecule is Cc1ccc(SCCC(=O)OCN2C(=O)c3ccccc3C2=O)cc1C. The number of carbonyl (C=O) groups is 3. The number of carbonyl (C=O) groups excluding carboxylic acids is 3. The first-order chi connectivity index (χ1) is 12.5. The molecule has 6 heteroatoms. The zero-order valence-corrected chi connectivity index (χ0v) is 15.5. The van der Waals surface area contributed by atoms with Crippen molar-refractivity contribution < 1.29 is 19.1 Å². The zero-order valence-electron chi connectivity index (χ0n) is 14.7. The molecule has 0 radical (unpaired) electrons. The van der Waals surface area contributed by atoms with E-state index >= 15 is 0 Å². The summed E-state index contributed by atoms with van der Waals surface area (Å²) in [7, 11) is 0. The molecule has 3 rings (SSSR count). The second-order valence-electron chi connectivity index (χ2n) is 6.07. The highest BCUT2D eigenvalue weighted by Crippen LogP contribution is 2.23. The van der Waals surface area contributed by atoms with Gasteiger partial charge in [0.25, 0.3) is 11.8 Å². The summed E-state index contributed by atoms with van der Waals surface area (Å²) in [5, 5.41) is 0. The summed E-state index contributed by atoms with van der Waals surface area (Å²) >= 11 is 1.57. The molecule has 0 spiro atoms. The molecule has 0 fully saturated rings. The predicted molar refractivity (Wildman–Crippen MR) is 99.2 cm³/mol. The number of hydrogen-bond acceptors (Lipinski definition) is 5. The van der Waals surface area contributed by atoms with E-state index < -0.39 is 17.8 Å². The molecule has 1 aliphatic heterocycles. The highest BCUT2D eigenvalue weighted by atomic mass is 32.2. The summed E-state index contributed by atoms with van der Waals surface area (Å²) in [6.45, 7) is 3.76. The standard InChI is InChI=1S/C20H19NO4S/c1-13-7-8-15(11-14(13)2)26-10-9-18(22)25-12-21-19(23)16-5-3-4-6-17(16)20(21)24/h3-8,11H,9-10,12H2,1-2H3. The average molecular weight is 369 g/mol. The third-order valence-electron chi connectivity index (χ3n) is 4.29. The van der Waals surface area contributed by atoms with Crippen LogP contribution < -0.4 is 0 Å². The quantitative estimate of drug-likeness (QED) is 0.442. The lowest BCUT2D eigenvalue weighted by molar-refractivity contribution is -0.145. The summed E-state index contributed by atoms with van der Waals surface area (Å²) in [6, 6.07) is 12.8. The van der Waals surface area contributed by atoms with Gasteiger partial charge in [-0.2, -0.15) is 0 Å². The van der Waals surface area contributed by atoms with E-state index in [-0.39, 0.29) is 13.2 Å². The van der Waals surface area contributed by atoms with Gasteiger partial charge in [-0.25, -0.2) is 4.90 Å². The van der Waals surface area contributed by atoms with Gasteiger partial charge in [0, 0.05) is 10.6 Å². The van der Waals surface area contributed by atoms with Gasteiger partial charge in [-0.1, -0.05) is 18.2 Å². The molecule has 1 aliphatic rings. The Kier molecular flexibility index (Phi) is 5.42. The van der Waals surface area contributed by atoms with Crippen molar-refractivity contribution in [2.75, 3.05) is 12.5 Å². The number of hydrogen-bond donors (Lipinski definition) is 0. The second kappa shape index (κ2) is 7.74. The number of fused-ring (bicyclic) bond motifs is 1. The fraction of sp³-hybridized carbons (Fsp3) is 0.250. The summed E-state index contributed by atoms with van der Waals surface area (Å²) in [5.74, 6) is -0.715. The number of benzene rings is 2. The molecule has 0 bridgehead atoms. The van der Waals surface area contributed by atoms with Crippen molar-refractivity contribution >= 4 is 29.5 Å². The molecule has 0 atom stereocenters. The molecule has 0 saturated heterocycles. The molecule has 5 nitrogen and oxygen atoms in total. The Morgan fingerprint density at radius 2 is 1.65 bits per heavy atom. The van der Waals surface area contributed by atoms with E-state index in [0.29, 0.717) is 16.9 Å². The fourth-order valence-electron chi connectivity index (χ4n) is 2.62. The van der Waals surface area contributed by atoms with Crippen molar-refractivity contribution in [3.63, 3.8) is 0 Å². The van der Waals surface area contributed by atoms with Crippen LogP contribution >= 0.6 is 11.8 Å². The maximum absolute atomic E-state index is 12.2. The summed E-state index contributed by atoms with van der Waals surface area (Å²) in [5.41, 5.74) is 3.13. The van der Waals surface area contributed by atoms with Crippen molar-refractivity contribution in [1.29, 1.82) is 0 Å². The van der Waals surface area contributed by atoms with Crippen LogP contribution in [0, 0.1) is 13.8 Å². The molecular formula is C20H19NO4S. The number of ether oxygens (including phenoxy) is 1. The maximum atomic E-state index is 12.2.